The molecule has 21 heavy (non-hydrogen) atoms. The predicted molar refractivity (Wildman–Crippen MR) is 66.8 cm³/mol. The molecule has 1 aromatic heterocycles. The van der Waals surface area contributed by atoms with Gasteiger partial charge < -0.3 is 14.7 Å². The standard InChI is InChI=1S/C13H15F2N3O3/c1-8-4-9(17-21-8)10(19)18-6-12(2-3-16-11(12)20)5-13(14,15)7-18/h4H,2-3,5-7H2,1H3,(H,16,20)/t12-/m1/s1. The van der Waals surface area contributed by atoms with Gasteiger partial charge in [-0.3, -0.25) is 9.59 Å². The Hall–Kier alpha value is -1.99. The van der Waals surface area contributed by atoms with E-state index in [1.54, 1.807) is 6.92 Å². The highest BCUT2D eigenvalue weighted by Crippen LogP contribution is 2.43. The van der Waals surface area contributed by atoms with Crippen LogP contribution in [0.3, 0.4) is 0 Å². The average Bonchev–Trinajstić information content (AvgIpc) is 2.95. The highest BCUT2D eigenvalue weighted by Gasteiger charge is 2.55. The molecule has 2 amide bonds. The topological polar surface area (TPSA) is 75.4 Å². The number of nitrogens with zero attached hydrogens (tertiary/aromatic N) is 2. The minimum atomic E-state index is -3.09. The van der Waals surface area contributed by atoms with Gasteiger partial charge in [-0.25, -0.2) is 8.78 Å². The van der Waals surface area contributed by atoms with Gasteiger partial charge in [0, 0.05) is 25.6 Å². The zero-order valence-electron chi connectivity index (χ0n) is 11.5. The van der Waals surface area contributed by atoms with E-state index in [4.69, 9.17) is 4.52 Å². The third kappa shape index (κ3) is 2.38. The van der Waals surface area contributed by atoms with Crippen molar-refractivity contribution >= 4 is 11.8 Å². The number of hydrogen-bond acceptors (Lipinski definition) is 4. The van der Waals surface area contributed by atoms with Crippen LogP contribution in [0.2, 0.25) is 0 Å². The van der Waals surface area contributed by atoms with Crippen molar-refractivity contribution in [3.8, 4) is 0 Å². The summed E-state index contributed by atoms with van der Waals surface area (Å²) in [6, 6.07) is 1.40. The summed E-state index contributed by atoms with van der Waals surface area (Å²) in [7, 11) is 0. The molecule has 2 aliphatic rings. The lowest BCUT2D eigenvalue weighted by atomic mass is 9.77. The molecule has 3 rings (SSSR count). The summed E-state index contributed by atoms with van der Waals surface area (Å²) in [6.45, 7) is 1.26. The fourth-order valence-electron chi connectivity index (χ4n) is 3.12. The van der Waals surface area contributed by atoms with E-state index in [0.29, 0.717) is 18.7 Å². The molecule has 1 N–H and O–H groups in total. The van der Waals surface area contributed by atoms with E-state index in [-0.39, 0.29) is 12.2 Å². The Morgan fingerprint density at radius 1 is 1.48 bits per heavy atom. The number of amides is 2. The molecule has 0 bridgehead atoms. The van der Waals surface area contributed by atoms with Gasteiger partial charge in [0.1, 0.15) is 5.76 Å². The summed E-state index contributed by atoms with van der Waals surface area (Å²) in [5.74, 6) is -3.70. The van der Waals surface area contributed by atoms with Crippen molar-refractivity contribution in [1.82, 2.24) is 15.4 Å². The molecule has 114 valence electrons. The quantitative estimate of drug-likeness (QED) is 0.838. The monoisotopic (exact) mass is 299 g/mol. The van der Waals surface area contributed by atoms with Gasteiger partial charge in [-0.15, -0.1) is 0 Å². The van der Waals surface area contributed by atoms with Gasteiger partial charge in [0.15, 0.2) is 5.69 Å². The van der Waals surface area contributed by atoms with Crippen LogP contribution in [0.15, 0.2) is 10.6 Å². The van der Waals surface area contributed by atoms with E-state index >= 15 is 0 Å². The average molecular weight is 299 g/mol. The Kier molecular flexibility index (Phi) is 3.00. The number of aromatic nitrogens is 1. The van der Waals surface area contributed by atoms with Crippen molar-refractivity contribution in [1.29, 1.82) is 0 Å². The first-order valence-corrected chi connectivity index (χ1v) is 6.70. The smallest absolute Gasteiger partial charge is 0.276 e. The summed E-state index contributed by atoms with van der Waals surface area (Å²) in [5.41, 5.74) is -1.21. The fourth-order valence-corrected chi connectivity index (χ4v) is 3.12. The van der Waals surface area contributed by atoms with Gasteiger partial charge in [0.05, 0.1) is 12.0 Å². The molecule has 6 nitrogen and oxygen atoms in total. The summed E-state index contributed by atoms with van der Waals surface area (Å²) in [4.78, 5) is 25.2. The Labute approximate surface area is 119 Å². The van der Waals surface area contributed by atoms with Crippen molar-refractivity contribution in [3.05, 3.63) is 17.5 Å². The molecular weight excluding hydrogens is 284 g/mol. The van der Waals surface area contributed by atoms with E-state index in [0.717, 1.165) is 4.90 Å². The van der Waals surface area contributed by atoms with Gasteiger partial charge >= 0.3 is 0 Å². The first-order chi connectivity index (χ1) is 9.81. The highest BCUT2D eigenvalue weighted by atomic mass is 19.3. The molecule has 0 aromatic carbocycles. The molecule has 0 radical (unpaired) electrons. The maximum Gasteiger partial charge on any atom is 0.276 e. The lowest BCUT2D eigenvalue weighted by Crippen LogP contribution is -2.56. The first-order valence-electron chi connectivity index (χ1n) is 6.70. The van der Waals surface area contributed by atoms with Crippen LogP contribution < -0.4 is 5.32 Å². The van der Waals surface area contributed by atoms with Crippen molar-refractivity contribution < 1.29 is 22.9 Å². The second kappa shape index (κ2) is 4.51. The minimum absolute atomic E-state index is 0.0147. The van der Waals surface area contributed by atoms with E-state index < -0.39 is 36.1 Å². The largest absolute Gasteiger partial charge is 0.361 e. The fraction of sp³-hybridized carbons (Fsp3) is 0.615. The number of piperidine rings is 1. The SMILES string of the molecule is Cc1cc(C(=O)N2CC(F)(F)C[C@]3(CCNC3=O)C2)no1. The molecule has 2 saturated heterocycles. The molecule has 0 saturated carbocycles. The zero-order valence-corrected chi connectivity index (χ0v) is 11.5. The van der Waals surface area contributed by atoms with Gasteiger partial charge in [-0.05, 0) is 13.3 Å². The summed E-state index contributed by atoms with van der Waals surface area (Å²) >= 11 is 0. The Bertz CT molecular complexity index is 601. The van der Waals surface area contributed by atoms with Crippen molar-refractivity contribution in [2.45, 2.75) is 25.7 Å². The third-order valence-corrected chi connectivity index (χ3v) is 4.02. The maximum atomic E-state index is 14.0. The van der Waals surface area contributed by atoms with Crippen molar-refractivity contribution in [3.63, 3.8) is 0 Å². The molecule has 0 aliphatic carbocycles. The second-order valence-electron chi connectivity index (χ2n) is 5.80. The minimum Gasteiger partial charge on any atom is -0.361 e. The van der Waals surface area contributed by atoms with E-state index in [1.165, 1.54) is 6.07 Å². The normalized spacial score (nSPS) is 28.0. The number of alkyl halides is 2. The van der Waals surface area contributed by atoms with Crippen LogP contribution in [0.4, 0.5) is 8.78 Å². The number of carbonyl (C=O) groups is 2. The lowest BCUT2D eigenvalue weighted by Gasteiger charge is -2.42. The Morgan fingerprint density at radius 2 is 2.24 bits per heavy atom. The van der Waals surface area contributed by atoms with Crippen LogP contribution >= 0.6 is 0 Å². The van der Waals surface area contributed by atoms with Gasteiger partial charge in [-0.2, -0.15) is 0 Å². The Balaban J connectivity index is 1.88. The molecule has 2 fully saturated rings. The molecule has 1 atom stereocenters. The summed E-state index contributed by atoms with van der Waals surface area (Å²) in [5, 5.41) is 6.14. The predicted octanol–water partition coefficient (Wildman–Crippen LogP) is 0.971. The second-order valence-corrected chi connectivity index (χ2v) is 5.80. The number of aryl methyl sites for hydroxylation is 1. The number of nitrogens with one attached hydrogen (secondary N) is 1. The summed E-state index contributed by atoms with van der Waals surface area (Å²) < 4.78 is 32.8. The van der Waals surface area contributed by atoms with Crippen molar-refractivity contribution in [2.75, 3.05) is 19.6 Å². The van der Waals surface area contributed by atoms with Crippen LogP contribution in [0.25, 0.3) is 0 Å². The highest BCUT2D eigenvalue weighted by molar-refractivity contribution is 5.93. The third-order valence-electron chi connectivity index (χ3n) is 4.02. The van der Waals surface area contributed by atoms with Crippen LogP contribution in [0.5, 0.6) is 0 Å². The number of carbonyl (C=O) groups excluding carboxylic acids is 2. The van der Waals surface area contributed by atoms with Crippen LogP contribution in [-0.2, 0) is 4.79 Å². The summed E-state index contributed by atoms with van der Waals surface area (Å²) in [6.07, 6.45) is -0.212. The Morgan fingerprint density at radius 3 is 2.81 bits per heavy atom. The molecular formula is C13H15F2N3O3. The van der Waals surface area contributed by atoms with Crippen molar-refractivity contribution in [2.24, 2.45) is 5.41 Å². The van der Waals surface area contributed by atoms with Crippen LogP contribution in [0.1, 0.15) is 29.1 Å². The van der Waals surface area contributed by atoms with Gasteiger partial charge in [0.25, 0.3) is 11.8 Å². The lowest BCUT2D eigenvalue weighted by molar-refractivity contribution is -0.144. The molecule has 0 unspecified atom stereocenters. The van der Waals surface area contributed by atoms with Crippen LogP contribution in [0, 0.1) is 12.3 Å². The molecule has 8 heteroatoms. The van der Waals surface area contributed by atoms with Gasteiger partial charge in [0.2, 0.25) is 5.91 Å². The van der Waals surface area contributed by atoms with Crippen LogP contribution in [-0.4, -0.2) is 47.4 Å². The molecule has 2 aliphatic heterocycles. The molecule has 1 spiro atoms. The maximum absolute atomic E-state index is 14.0. The number of rotatable bonds is 1. The van der Waals surface area contributed by atoms with E-state index in [2.05, 4.69) is 10.5 Å². The van der Waals surface area contributed by atoms with Gasteiger partial charge in [-0.1, -0.05) is 5.16 Å². The first kappa shape index (κ1) is 14.0. The number of halogens is 2. The number of likely N-dealkylation sites (tertiary alicyclic amines) is 1. The van der Waals surface area contributed by atoms with E-state index in [1.807, 2.05) is 0 Å². The van der Waals surface area contributed by atoms with E-state index in [9.17, 15) is 18.4 Å². The zero-order chi connectivity index (χ0) is 15.3. The molecule has 1 aromatic rings. The molecule has 3 heterocycles. The number of hydrogen-bond donors (Lipinski definition) is 1.